The van der Waals surface area contributed by atoms with Gasteiger partial charge in [-0.05, 0) is 49.1 Å². The summed E-state index contributed by atoms with van der Waals surface area (Å²) in [5, 5.41) is 13.7. The summed E-state index contributed by atoms with van der Waals surface area (Å²) in [7, 11) is 1.89. The van der Waals surface area contributed by atoms with Gasteiger partial charge < -0.3 is 20.2 Å². The zero-order chi connectivity index (χ0) is 17.3. The van der Waals surface area contributed by atoms with Crippen LogP contribution in [0.25, 0.3) is 0 Å². The largest absolute Gasteiger partial charge is 0.506 e. The topological polar surface area (TPSA) is 51.1 Å². The number of nitrogens with zero attached hydrogens (tertiary/aromatic N) is 3. The first kappa shape index (κ1) is 16.6. The van der Waals surface area contributed by atoms with Gasteiger partial charge in [0.1, 0.15) is 5.75 Å². The summed E-state index contributed by atoms with van der Waals surface area (Å²) in [6.07, 6.45) is 7.04. The van der Waals surface area contributed by atoms with E-state index in [-0.39, 0.29) is 0 Å². The summed E-state index contributed by atoms with van der Waals surface area (Å²) >= 11 is 0. The number of piperazine rings is 1. The van der Waals surface area contributed by atoms with E-state index in [1.807, 2.05) is 25.2 Å². The molecule has 2 aliphatic carbocycles. The van der Waals surface area contributed by atoms with Crippen molar-refractivity contribution in [1.29, 1.82) is 0 Å². The number of phenols is 1. The van der Waals surface area contributed by atoms with E-state index in [1.165, 1.54) is 32.1 Å². The van der Waals surface area contributed by atoms with Crippen molar-refractivity contribution in [3.8, 4) is 5.75 Å². The van der Waals surface area contributed by atoms with Crippen molar-refractivity contribution in [2.24, 2.45) is 16.3 Å². The molecule has 5 nitrogen and oxygen atoms in total. The fraction of sp³-hybridized carbons (Fsp3) is 0.650. The van der Waals surface area contributed by atoms with E-state index >= 15 is 0 Å². The van der Waals surface area contributed by atoms with Crippen molar-refractivity contribution < 1.29 is 5.11 Å². The smallest absolute Gasteiger partial charge is 0.193 e. The van der Waals surface area contributed by atoms with E-state index in [9.17, 15) is 5.11 Å². The molecule has 0 spiro atoms. The number of benzene rings is 1. The number of guanidine groups is 1. The first-order chi connectivity index (χ1) is 12.2. The maximum atomic E-state index is 10.1. The van der Waals surface area contributed by atoms with Crippen LogP contribution in [0, 0.1) is 11.3 Å². The highest BCUT2D eigenvalue weighted by Gasteiger charge is 2.48. The molecule has 0 unspecified atom stereocenters. The number of nitrogens with one attached hydrogen (secondary N) is 1. The summed E-state index contributed by atoms with van der Waals surface area (Å²) in [6, 6.07) is 7.61. The standard InChI is InChI=1S/C20H30N4O/c1-21-19(22-15-20(9-4-10-20)16-7-8-16)24-13-11-23(12-14-24)17-5-2-3-6-18(17)25/h2-3,5-6,16,25H,4,7-15H2,1H3,(H,21,22). The molecular formula is C20H30N4O. The van der Waals surface area contributed by atoms with Crippen molar-refractivity contribution >= 4 is 11.6 Å². The number of hydrogen-bond donors (Lipinski definition) is 2. The average Bonchev–Trinajstić information content (AvgIpc) is 3.44. The minimum absolute atomic E-state index is 0.370. The molecule has 2 saturated carbocycles. The number of aromatic hydroxyl groups is 1. The molecule has 3 aliphatic rings. The van der Waals surface area contributed by atoms with Crippen LogP contribution in [0.3, 0.4) is 0 Å². The highest BCUT2D eigenvalue weighted by Crippen LogP contribution is 2.56. The van der Waals surface area contributed by atoms with Crippen molar-refractivity contribution in [2.45, 2.75) is 32.1 Å². The van der Waals surface area contributed by atoms with Crippen LogP contribution < -0.4 is 10.2 Å². The van der Waals surface area contributed by atoms with Crippen LogP contribution in [0.1, 0.15) is 32.1 Å². The lowest BCUT2D eigenvalue weighted by Gasteiger charge is -2.44. The predicted octanol–water partition coefficient (Wildman–Crippen LogP) is 2.67. The molecule has 0 aromatic heterocycles. The van der Waals surface area contributed by atoms with Gasteiger partial charge in [-0.3, -0.25) is 4.99 Å². The quantitative estimate of drug-likeness (QED) is 0.652. The molecule has 2 N–H and O–H groups in total. The highest BCUT2D eigenvalue weighted by molar-refractivity contribution is 5.80. The Hall–Kier alpha value is -1.91. The second kappa shape index (κ2) is 6.77. The Morgan fingerprint density at radius 2 is 1.92 bits per heavy atom. The minimum Gasteiger partial charge on any atom is -0.506 e. The van der Waals surface area contributed by atoms with Gasteiger partial charge in [-0.2, -0.15) is 0 Å². The van der Waals surface area contributed by atoms with Crippen molar-refractivity contribution in [1.82, 2.24) is 10.2 Å². The summed E-state index contributed by atoms with van der Waals surface area (Å²) in [5.74, 6) is 2.38. The lowest BCUT2D eigenvalue weighted by Crippen LogP contribution is -2.54. The molecule has 0 atom stereocenters. The van der Waals surface area contributed by atoms with Gasteiger partial charge in [0.25, 0.3) is 0 Å². The van der Waals surface area contributed by atoms with E-state index in [0.29, 0.717) is 11.2 Å². The van der Waals surface area contributed by atoms with Crippen molar-refractivity contribution in [3.63, 3.8) is 0 Å². The first-order valence-corrected chi connectivity index (χ1v) is 9.70. The second-order valence-corrected chi connectivity index (χ2v) is 7.85. The number of aliphatic imine (C=N–C) groups is 1. The van der Waals surface area contributed by atoms with E-state index in [4.69, 9.17) is 0 Å². The Labute approximate surface area is 150 Å². The molecule has 3 fully saturated rings. The maximum Gasteiger partial charge on any atom is 0.193 e. The van der Waals surface area contributed by atoms with Crippen LogP contribution in [0.2, 0.25) is 0 Å². The third kappa shape index (κ3) is 3.29. The normalized spacial score (nSPS) is 23.3. The average molecular weight is 342 g/mol. The third-order valence-electron chi connectivity index (χ3n) is 6.40. The molecule has 4 rings (SSSR count). The molecule has 25 heavy (non-hydrogen) atoms. The molecule has 136 valence electrons. The van der Waals surface area contributed by atoms with E-state index < -0.39 is 0 Å². The molecule has 1 aromatic rings. The molecule has 5 heteroatoms. The van der Waals surface area contributed by atoms with Crippen LogP contribution >= 0.6 is 0 Å². The SMILES string of the molecule is CN=C(NCC1(C2CC2)CCC1)N1CCN(c2ccccc2O)CC1. The van der Waals surface area contributed by atoms with Crippen LogP contribution in [0.15, 0.2) is 29.3 Å². The fourth-order valence-corrected chi connectivity index (χ4v) is 4.53. The summed E-state index contributed by atoms with van der Waals surface area (Å²) in [5.41, 5.74) is 1.50. The van der Waals surface area contributed by atoms with E-state index in [1.54, 1.807) is 6.07 Å². The summed E-state index contributed by atoms with van der Waals surface area (Å²) in [6.45, 7) is 4.77. The molecule has 1 aliphatic heterocycles. The fourth-order valence-electron chi connectivity index (χ4n) is 4.53. The van der Waals surface area contributed by atoms with Crippen LogP contribution in [-0.4, -0.2) is 55.7 Å². The van der Waals surface area contributed by atoms with E-state index in [0.717, 1.165) is 50.3 Å². The van der Waals surface area contributed by atoms with Crippen LogP contribution in [0.5, 0.6) is 5.75 Å². The summed E-state index contributed by atoms with van der Waals surface area (Å²) in [4.78, 5) is 9.15. The third-order valence-corrected chi connectivity index (χ3v) is 6.40. The van der Waals surface area contributed by atoms with Gasteiger partial charge in [-0.15, -0.1) is 0 Å². The lowest BCUT2D eigenvalue weighted by molar-refractivity contribution is 0.104. The number of rotatable bonds is 4. The Morgan fingerprint density at radius 3 is 2.48 bits per heavy atom. The first-order valence-electron chi connectivity index (χ1n) is 9.70. The maximum absolute atomic E-state index is 10.1. The lowest BCUT2D eigenvalue weighted by atomic mass is 9.65. The van der Waals surface area contributed by atoms with E-state index in [2.05, 4.69) is 20.1 Å². The molecular weight excluding hydrogens is 312 g/mol. The number of para-hydroxylation sites is 2. The van der Waals surface area contributed by atoms with Gasteiger partial charge in [0.2, 0.25) is 0 Å². The Morgan fingerprint density at radius 1 is 1.20 bits per heavy atom. The Balaban J connectivity index is 1.32. The highest BCUT2D eigenvalue weighted by atomic mass is 16.3. The van der Waals surface area contributed by atoms with Crippen LogP contribution in [0.4, 0.5) is 5.69 Å². The Bertz CT molecular complexity index is 628. The van der Waals surface area contributed by atoms with Crippen molar-refractivity contribution in [2.75, 3.05) is 44.7 Å². The zero-order valence-electron chi connectivity index (χ0n) is 15.2. The van der Waals surface area contributed by atoms with Gasteiger partial charge in [0.15, 0.2) is 5.96 Å². The molecule has 1 saturated heterocycles. The zero-order valence-corrected chi connectivity index (χ0v) is 15.2. The Kier molecular flexibility index (Phi) is 4.48. The molecule has 0 amide bonds. The number of phenolic OH excluding ortho intramolecular Hbond substituents is 1. The molecule has 1 heterocycles. The monoisotopic (exact) mass is 342 g/mol. The predicted molar refractivity (Wildman–Crippen MR) is 102 cm³/mol. The number of hydrogen-bond acceptors (Lipinski definition) is 3. The van der Waals surface area contributed by atoms with Gasteiger partial charge in [0.05, 0.1) is 5.69 Å². The van der Waals surface area contributed by atoms with Crippen LogP contribution in [-0.2, 0) is 0 Å². The molecule has 0 bridgehead atoms. The van der Waals surface area contributed by atoms with Gasteiger partial charge in [-0.25, -0.2) is 0 Å². The van der Waals surface area contributed by atoms with Gasteiger partial charge in [0, 0.05) is 39.8 Å². The van der Waals surface area contributed by atoms with Gasteiger partial charge in [-0.1, -0.05) is 18.6 Å². The number of anilines is 1. The van der Waals surface area contributed by atoms with Gasteiger partial charge >= 0.3 is 0 Å². The van der Waals surface area contributed by atoms with Crippen molar-refractivity contribution in [3.05, 3.63) is 24.3 Å². The molecule has 1 aromatic carbocycles. The summed E-state index contributed by atoms with van der Waals surface area (Å²) < 4.78 is 0. The second-order valence-electron chi connectivity index (χ2n) is 7.85. The minimum atomic E-state index is 0.370. The molecule has 0 radical (unpaired) electrons.